The second kappa shape index (κ2) is 5.15. The standard InChI is InChI=1S/C12H23N3O/c1-9-3-6-15(10(2)7-9)12(16)11-8-13-4-5-14-11/h9-11,13-14H,3-8H2,1-2H3. The Morgan fingerprint density at radius 2 is 2.12 bits per heavy atom. The largest absolute Gasteiger partial charge is 0.339 e. The summed E-state index contributed by atoms with van der Waals surface area (Å²) in [5, 5.41) is 6.56. The maximum absolute atomic E-state index is 12.3. The van der Waals surface area contributed by atoms with E-state index in [1.807, 2.05) is 0 Å². The van der Waals surface area contributed by atoms with Crippen molar-refractivity contribution in [3.8, 4) is 0 Å². The van der Waals surface area contributed by atoms with Crippen LogP contribution in [-0.2, 0) is 4.79 Å². The van der Waals surface area contributed by atoms with E-state index >= 15 is 0 Å². The van der Waals surface area contributed by atoms with E-state index in [0.717, 1.165) is 44.9 Å². The SMILES string of the molecule is CC1CCN(C(=O)C2CNCCN2)C(C)C1. The highest BCUT2D eigenvalue weighted by Crippen LogP contribution is 2.22. The molecule has 16 heavy (non-hydrogen) atoms. The fraction of sp³-hybridized carbons (Fsp3) is 0.917. The zero-order chi connectivity index (χ0) is 11.5. The summed E-state index contributed by atoms with van der Waals surface area (Å²) in [5.41, 5.74) is 0. The molecule has 0 aromatic carbocycles. The third kappa shape index (κ3) is 2.55. The summed E-state index contributed by atoms with van der Waals surface area (Å²) in [5.74, 6) is 1.04. The highest BCUT2D eigenvalue weighted by Gasteiger charge is 2.31. The van der Waals surface area contributed by atoms with Gasteiger partial charge in [-0.15, -0.1) is 0 Å². The van der Waals surface area contributed by atoms with Crippen LogP contribution in [0.4, 0.5) is 0 Å². The maximum Gasteiger partial charge on any atom is 0.241 e. The van der Waals surface area contributed by atoms with Gasteiger partial charge in [-0.05, 0) is 25.7 Å². The number of nitrogens with one attached hydrogen (secondary N) is 2. The first-order valence-corrected chi connectivity index (χ1v) is 6.43. The molecule has 2 rings (SSSR count). The first-order valence-electron chi connectivity index (χ1n) is 6.43. The van der Waals surface area contributed by atoms with Gasteiger partial charge >= 0.3 is 0 Å². The molecule has 0 aliphatic carbocycles. The van der Waals surface area contributed by atoms with Crippen molar-refractivity contribution >= 4 is 5.91 Å². The van der Waals surface area contributed by atoms with Gasteiger partial charge in [0.05, 0.1) is 6.04 Å². The molecular formula is C12H23N3O. The van der Waals surface area contributed by atoms with Crippen LogP contribution in [0.3, 0.4) is 0 Å². The van der Waals surface area contributed by atoms with Crippen molar-refractivity contribution in [2.75, 3.05) is 26.2 Å². The second-order valence-corrected chi connectivity index (χ2v) is 5.22. The van der Waals surface area contributed by atoms with Gasteiger partial charge in [0.15, 0.2) is 0 Å². The number of hydrogen-bond donors (Lipinski definition) is 2. The minimum atomic E-state index is -0.00962. The van der Waals surface area contributed by atoms with Crippen LogP contribution in [0.2, 0.25) is 0 Å². The number of likely N-dealkylation sites (tertiary alicyclic amines) is 1. The quantitative estimate of drug-likeness (QED) is 0.670. The van der Waals surface area contributed by atoms with Gasteiger partial charge in [-0.25, -0.2) is 0 Å². The summed E-state index contributed by atoms with van der Waals surface area (Å²) in [6, 6.07) is 0.393. The molecule has 0 aromatic heterocycles. The predicted octanol–water partition coefficient (Wildman–Crippen LogP) is 0.195. The lowest BCUT2D eigenvalue weighted by Gasteiger charge is -2.39. The first kappa shape index (κ1) is 11.9. The van der Waals surface area contributed by atoms with E-state index in [0.29, 0.717) is 6.04 Å². The zero-order valence-electron chi connectivity index (χ0n) is 10.3. The smallest absolute Gasteiger partial charge is 0.241 e. The Balaban J connectivity index is 1.92. The van der Waals surface area contributed by atoms with Gasteiger partial charge in [-0.3, -0.25) is 4.79 Å². The van der Waals surface area contributed by atoms with Crippen LogP contribution >= 0.6 is 0 Å². The molecule has 2 saturated heterocycles. The zero-order valence-corrected chi connectivity index (χ0v) is 10.3. The van der Waals surface area contributed by atoms with Crippen molar-refractivity contribution in [1.29, 1.82) is 0 Å². The van der Waals surface area contributed by atoms with E-state index in [2.05, 4.69) is 29.4 Å². The fourth-order valence-corrected chi connectivity index (χ4v) is 2.76. The number of hydrogen-bond acceptors (Lipinski definition) is 3. The van der Waals surface area contributed by atoms with Crippen molar-refractivity contribution in [2.45, 2.75) is 38.8 Å². The van der Waals surface area contributed by atoms with E-state index in [4.69, 9.17) is 0 Å². The monoisotopic (exact) mass is 225 g/mol. The number of carbonyl (C=O) groups excluding carboxylic acids is 1. The highest BCUT2D eigenvalue weighted by atomic mass is 16.2. The minimum absolute atomic E-state index is 0.00962. The van der Waals surface area contributed by atoms with Gasteiger partial charge in [0, 0.05) is 32.2 Å². The van der Waals surface area contributed by atoms with Gasteiger partial charge in [-0.1, -0.05) is 6.92 Å². The fourth-order valence-electron chi connectivity index (χ4n) is 2.76. The molecule has 4 nitrogen and oxygen atoms in total. The first-order chi connectivity index (χ1) is 7.68. The summed E-state index contributed by atoms with van der Waals surface area (Å²) in [4.78, 5) is 14.4. The summed E-state index contributed by atoms with van der Waals surface area (Å²) >= 11 is 0. The molecule has 2 fully saturated rings. The van der Waals surface area contributed by atoms with Crippen LogP contribution in [0.15, 0.2) is 0 Å². The van der Waals surface area contributed by atoms with E-state index in [-0.39, 0.29) is 11.9 Å². The van der Waals surface area contributed by atoms with Crippen LogP contribution in [0.25, 0.3) is 0 Å². The third-order valence-electron chi connectivity index (χ3n) is 3.76. The Hall–Kier alpha value is -0.610. The minimum Gasteiger partial charge on any atom is -0.339 e. The van der Waals surface area contributed by atoms with Crippen LogP contribution in [0.5, 0.6) is 0 Å². The highest BCUT2D eigenvalue weighted by molar-refractivity contribution is 5.82. The molecule has 1 amide bonds. The van der Waals surface area contributed by atoms with E-state index in [1.54, 1.807) is 0 Å². The van der Waals surface area contributed by atoms with Crippen molar-refractivity contribution in [1.82, 2.24) is 15.5 Å². The third-order valence-corrected chi connectivity index (χ3v) is 3.76. The molecule has 3 unspecified atom stereocenters. The van der Waals surface area contributed by atoms with Gasteiger partial charge < -0.3 is 15.5 Å². The Kier molecular flexibility index (Phi) is 3.82. The molecule has 2 aliphatic heterocycles. The van der Waals surface area contributed by atoms with Gasteiger partial charge in [-0.2, -0.15) is 0 Å². The molecule has 2 N–H and O–H groups in total. The lowest BCUT2D eigenvalue weighted by atomic mass is 9.93. The molecule has 92 valence electrons. The number of nitrogens with zero attached hydrogens (tertiary/aromatic N) is 1. The lowest BCUT2D eigenvalue weighted by molar-refractivity contribution is -0.137. The molecular weight excluding hydrogens is 202 g/mol. The Morgan fingerprint density at radius 3 is 2.75 bits per heavy atom. The second-order valence-electron chi connectivity index (χ2n) is 5.22. The van der Waals surface area contributed by atoms with Gasteiger partial charge in [0.2, 0.25) is 5.91 Å². The topological polar surface area (TPSA) is 44.4 Å². The number of piperidine rings is 1. The lowest BCUT2D eigenvalue weighted by Crippen LogP contribution is -2.59. The summed E-state index contributed by atoms with van der Waals surface area (Å²) in [6.45, 7) is 8.02. The molecule has 0 saturated carbocycles. The van der Waals surface area contributed by atoms with E-state index in [1.165, 1.54) is 0 Å². The van der Waals surface area contributed by atoms with Gasteiger partial charge in [0.25, 0.3) is 0 Å². The summed E-state index contributed by atoms with van der Waals surface area (Å²) in [6.07, 6.45) is 2.29. The van der Waals surface area contributed by atoms with Crippen molar-refractivity contribution in [3.05, 3.63) is 0 Å². The van der Waals surface area contributed by atoms with Crippen LogP contribution < -0.4 is 10.6 Å². The number of carbonyl (C=O) groups is 1. The van der Waals surface area contributed by atoms with Crippen LogP contribution in [0.1, 0.15) is 26.7 Å². The Bertz CT molecular complexity index is 251. The van der Waals surface area contributed by atoms with Crippen molar-refractivity contribution < 1.29 is 4.79 Å². The molecule has 0 aromatic rings. The molecule has 0 bridgehead atoms. The molecule has 0 radical (unpaired) electrons. The van der Waals surface area contributed by atoms with E-state index in [9.17, 15) is 4.79 Å². The average Bonchev–Trinajstić information content (AvgIpc) is 2.29. The molecule has 3 atom stereocenters. The molecule has 2 aliphatic rings. The molecule has 2 heterocycles. The van der Waals surface area contributed by atoms with E-state index < -0.39 is 0 Å². The average molecular weight is 225 g/mol. The van der Waals surface area contributed by atoms with Crippen LogP contribution in [0, 0.1) is 5.92 Å². The Morgan fingerprint density at radius 1 is 1.31 bits per heavy atom. The molecule has 0 spiro atoms. The summed E-state index contributed by atoms with van der Waals surface area (Å²) < 4.78 is 0. The molecule has 4 heteroatoms. The number of rotatable bonds is 1. The maximum atomic E-state index is 12.3. The normalized spacial score (nSPS) is 36.1. The Labute approximate surface area is 97.8 Å². The predicted molar refractivity (Wildman–Crippen MR) is 64.2 cm³/mol. The number of piperazine rings is 1. The summed E-state index contributed by atoms with van der Waals surface area (Å²) in [7, 11) is 0. The van der Waals surface area contributed by atoms with Crippen molar-refractivity contribution in [2.24, 2.45) is 5.92 Å². The number of amides is 1. The van der Waals surface area contributed by atoms with Crippen LogP contribution in [-0.4, -0.2) is 49.1 Å². The van der Waals surface area contributed by atoms with Gasteiger partial charge in [0.1, 0.15) is 0 Å². The van der Waals surface area contributed by atoms with Crippen molar-refractivity contribution in [3.63, 3.8) is 0 Å².